The van der Waals surface area contributed by atoms with E-state index < -0.39 is 8.07 Å². The average Bonchev–Trinajstić information content (AvgIpc) is 3.54. The van der Waals surface area contributed by atoms with Crippen molar-refractivity contribution < 1.29 is 20.1 Å². The molecule has 3 heterocycles. The van der Waals surface area contributed by atoms with E-state index in [1.165, 1.54) is 75.4 Å². The van der Waals surface area contributed by atoms with Crippen LogP contribution in [0, 0.1) is 18.1 Å². The molecule has 1 aliphatic carbocycles. The molecule has 1 aliphatic rings. The summed E-state index contributed by atoms with van der Waals surface area (Å²) in [4.78, 5) is 9.36. The van der Waals surface area contributed by atoms with Gasteiger partial charge in [-0.3, -0.25) is 0 Å². The number of fused-ring (bicyclic) bond motifs is 3. The fraction of sp³-hybridized carbons (Fsp3) is 0.277. The van der Waals surface area contributed by atoms with Crippen LogP contribution in [0.4, 0.5) is 0 Å². The minimum atomic E-state index is -1.36. The van der Waals surface area contributed by atoms with Gasteiger partial charge in [-0.25, -0.2) is 0 Å². The molecule has 8 rings (SSSR count). The van der Waals surface area contributed by atoms with Crippen LogP contribution in [-0.4, -0.2) is 18.0 Å². The van der Waals surface area contributed by atoms with E-state index in [4.69, 9.17) is 4.98 Å². The number of hydrogen-bond acceptors (Lipinski definition) is 3. The van der Waals surface area contributed by atoms with Gasteiger partial charge in [0.25, 0.3) is 0 Å². The summed E-state index contributed by atoms with van der Waals surface area (Å²) < 4.78 is 2.61. The summed E-state index contributed by atoms with van der Waals surface area (Å²) in [6.07, 6.45) is 12.4. The van der Waals surface area contributed by atoms with Gasteiger partial charge >= 0.3 is 0 Å². The molecule has 4 aromatic carbocycles. The van der Waals surface area contributed by atoms with E-state index in [9.17, 15) is 0 Å². The standard InChI is InChI=1S/C26H20NS.C21H28NSi.Ir/c1-17(2)19-13-14-27-24(15-19)20-11-12-22-23-10-6-9-21(18-7-4-3-5-8-18)26(23)28-25(22)16-20;1-23(2,3)21-16-22-20(18-12-8-5-9-13-18)15-19(21)14-17-10-6-4-7-11-17;/h3-10,12-17H,1-2H3;5,8-9,12,15-17H,4,6-7,10-11,14H2,1-3H3;/q2*-1;. The second-order valence-electron chi connectivity index (χ2n) is 15.4. The van der Waals surface area contributed by atoms with Crippen LogP contribution in [0.5, 0.6) is 0 Å². The topological polar surface area (TPSA) is 25.8 Å². The molecular weight excluding hydrogens is 845 g/mol. The quantitative estimate of drug-likeness (QED) is 0.118. The summed E-state index contributed by atoms with van der Waals surface area (Å²) in [5, 5.41) is 4.11. The summed E-state index contributed by atoms with van der Waals surface area (Å²) in [6.45, 7) is 11.7. The van der Waals surface area contributed by atoms with Gasteiger partial charge in [0.05, 0.1) is 8.07 Å². The summed E-state index contributed by atoms with van der Waals surface area (Å²) in [5.74, 6) is 1.36. The van der Waals surface area contributed by atoms with Crippen molar-refractivity contribution in [3.05, 3.63) is 139 Å². The predicted molar refractivity (Wildman–Crippen MR) is 223 cm³/mol. The van der Waals surface area contributed by atoms with Gasteiger partial charge in [-0.1, -0.05) is 143 Å². The van der Waals surface area contributed by atoms with Crippen LogP contribution in [0.3, 0.4) is 0 Å². The number of aromatic nitrogens is 2. The molecule has 0 spiro atoms. The predicted octanol–water partition coefficient (Wildman–Crippen LogP) is 12.9. The van der Waals surface area contributed by atoms with Gasteiger partial charge in [0.1, 0.15) is 0 Å². The molecule has 0 N–H and O–H groups in total. The zero-order valence-electron chi connectivity index (χ0n) is 31.0. The monoisotopic (exact) mass is 893 g/mol. The molecule has 0 atom stereocenters. The van der Waals surface area contributed by atoms with Crippen LogP contribution in [-0.2, 0) is 26.5 Å². The molecule has 1 fully saturated rings. The van der Waals surface area contributed by atoms with Crippen LogP contribution in [0.2, 0.25) is 19.6 Å². The van der Waals surface area contributed by atoms with E-state index in [-0.39, 0.29) is 20.1 Å². The fourth-order valence-electron chi connectivity index (χ4n) is 7.43. The first-order chi connectivity index (χ1) is 24.7. The second kappa shape index (κ2) is 16.9. The van der Waals surface area contributed by atoms with E-state index in [1.54, 1.807) is 10.8 Å². The summed E-state index contributed by atoms with van der Waals surface area (Å²) in [5.41, 5.74) is 9.66. The number of pyridine rings is 2. The molecular formula is C47H48IrN2SSi-2. The largest absolute Gasteiger partial charge is 0.305 e. The number of rotatable bonds is 7. The van der Waals surface area contributed by atoms with E-state index in [2.05, 4.69) is 148 Å². The van der Waals surface area contributed by atoms with E-state index >= 15 is 0 Å². The second-order valence-corrected chi connectivity index (χ2v) is 21.5. The Morgan fingerprint density at radius 3 is 2.27 bits per heavy atom. The summed E-state index contributed by atoms with van der Waals surface area (Å²) >= 11 is 1.85. The molecule has 0 bridgehead atoms. The number of nitrogens with zero attached hydrogens (tertiary/aromatic N) is 2. The Hall–Kier alpha value is -3.73. The van der Waals surface area contributed by atoms with Crippen molar-refractivity contribution >= 4 is 44.8 Å². The maximum atomic E-state index is 4.77. The average molecular weight is 893 g/mol. The van der Waals surface area contributed by atoms with Crippen molar-refractivity contribution in [2.24, 2.45) is 5.92 Å². The molecule has 267 valence electrons. The SMILES string of the molecule is CC(C)c1ccnc(-c2[c-]cc3c(c2)sc2c(-c4ccccc4)cccc23)c1.C[Si](C)(C)c1cnc(-c2[c-]cccc2)cc1CC1CCCCC1.[Ir]. The molecule has 1 radical (unpaired) electrons. The van der Waals surface area contributed by atoms with Crippen LogP contribution in [0.15, 0.2) is 116 Å². The van der Waals surface area contributed by atoms with Gasteiger partial charge < -0.3 is 9.97 Å². The smallest absolute Gasteiger partial charge is 0.0798 e. The van der Waals surface area contributed by atoms with Gasteiger partial charge in [0.15, 0.2) is 0 Å². The van der Waals surface area contributed by atoms with Crippen molar-refractivity contribution in [3.63, 3.8) is 0 Å². The van der Waals surface area contributed by atoms with Crippen molar-refractivity contribution in [1.82, 2.24) is 9.97 Å². The van der Waals surface area contributed by atoms with E-state index in [1.807, 2.05) is 29.7 Å². The Morgan fingerprint density at radius 1 is 0.769 bits per heavy atom. The molecule has 52 heavy (non-hydrogen) atoms. The molecule has 7 aromatic rings. The first-order valence-electron chi connectivity index (χ1n) is 18.6. The van der Waals surface area contributed by atoms with Gasteiger partial charge in [-0.05, 0) is 62.1 Å². The van der Waals surface area contributed by atoms with Crippen molar-refractivity contribution in [1.29, 1.82) is 0 Å². The molecule has 2 nitrogen and oxygen atoms in total. The molecule has 5 heteroatoms. The Kier molecular flexibility index (Phi) is 12.4. The minimum absolute atomic E-state index is 0. The van der Waals surface area contributed by atoms with Crippen molar-refractivity contribution in [3.8, 4) is 33.6 Å². The van der Waals surface area contributed by atoms with Crippen LogP contribution < -0.4 is 5.19 Å². The Morgan fingerprint density at radius 2 is 1.54 bits per heavy atom. The number of thiophene rings is 1. The molecule has 0 amide bonds. The molecule has 0 aliphatic heterocycles. The van der Waals surface area contributed by atoms with Crippen LogP contribution in [0.25, 0.3) is 53.8 Å². The van der Waals surface area contributed by atoms with Gasteiger partial charge in [0.2, 0.25) is 0 Å². The maximum Gasteiger partial charge on any atom is 0.0798 e. The molecule has 1 saturated carbocycles. The fourth-order valence-corrected chi connectivity index (χ4v) is 10.3. The Balaban J connectivity index is 0.000000179. The van der Waals surface area contributed by atoms with E-state index in [0.717, 1.165) is 28.4 Å². The zero-order chi connectivity index (χ0) is 35.4. The maximum absolute atomic E-state index is 4.77. The normalized spacial score (nSPS) is 13.5. The third kappa shape index (κ3) is 8.72. The van der Waals surface area contributed by atoms with Crippen LogP contribution in [0.1, 0.15) is 63.0 Å². The van der Waals surface area contributed by atoms with Crippen molar-refractivity contribution in [2.75, 3.05) is 0 Å². The Labute approximate surface area is 329 Å². The number of benzene rings is 4. The first-order valence-corrected chi connectivity index (χ1v) is 22.9. The van der Waals surface area contributed by atoms with Crippen molar-refractivity contribution in [2.45, 2.75) is 77.9 Å². The van der Waals surface area contributed by atoms with Gasteiger partial charge in [-0.15, -0.1) is 59.7 Å². The van der Waals surface area contributed by atoms with Crippen LogP contribution >= 0.6 is 11.3 Å². The number of hydrogen-bond donors (Lipinski definition) is 0. The first kappa shape index (κ1) is 38.0. The van der Waals surface area contributed by atoms with E-state index in [0.29, 0.717) is 5.92 Å². The zero-order valence-corrected chi connectivity index (χ0v) is 35.2. The molecule has 0 saturated heterocycles. The van der Waals surface area contributed by atoms with Gasteiger partial charge in [0, 0.05) is 37.2 Å². The molecule has 0 unspecified atom stereocenters. The molecule has 3 aromatic heterocycles. The summed E-state index contributed by atoms with van der Waals surface area (Å²) in [6, 6.07) is 43.2. The van der Waals surface area contributed by atoms with Gasteiger partial charge in [-0.2, -0.15) is 11.3 Å². The third-order valence-electron chi connectivity index (χ3n) is 10.3. The summed E-state index contributed by atoms with van der Waals surface area (Å²) in [7, 11) is -1.36. The Bertz CT molecular complexity index is 2230. The minimum Gasteiger partial charge on any atom is -0.305 e. The third-order valence-corrected chi connectivity index (χ3v) is 13.5.